The molecule has 1 aromatic carbocycles. The van der Waals surface area contributed by atoms with Crippen molar-refractivity contribution in [3.05, 3.63) is 27.8 Å². The summed E-state index contributed by atoms with van der Waals surface area (Å²) in [5.74, 6) is 0.534. The van der Waals surface area contributed by atoms with E-state index >= 15 is 0 Å². The van der Waals surface area contributed by atoms with Crippen LogP contribution in [0, 0.1) is 3.57 Å². The smallest absolute Gasteiger partial charge is 0.243 e. The molecule has 1 fully saturated rings. The molecule has 1 heterocycles. The van der Waals surface area contributed by atoms with Gasteiger partial charge in [0.1, 0.15) is 4.32 Å². The monoisotopic (exact) mass is 335 g/mol. The fraction of sp³-hybridized carbons (Fsp3) is 0.111. The second kappa shape index (κ2) is 4.16. The highest BCUT2D eigenvalue weighted by Gasteiger charge is 2.27. The van der Waals surface area contributed by atoms with E-state index in [4.69, 9.17) is 12.2 Å². The van der Waals surface area contributed by atoms with Crippen LogP contribution in [0.25, 0.3) is 0 Å². The van der Waals surface area contributed by atoms with Gasteiger partial charge in [0.15, 0.2) is 0 Å². The number of hydrogen-bond acceptors (Lipinski definition) is 3. The third-order valence-electron chi connectivity index (χ3n) is 1.82. The number of halogens is 1. The van der Waals surface area contributed by atoms with Gasteiger partial charge in [0.25, 0.3) is 0 Å². The largest absolute Gasteiger partial charge is 0.273 e. The number of anilines is 1. The summed E-state index contributed by atoms with van der Waals surface area (Å²) >= 11 is 8.75. The van der Waals surface area contributed by atoms with Crippen LogP contribution in [0.2, 0.25) is 0 Å². The molecule has 5 heteroatoms. The van der Waals surface area contributed by atoms with Crippen molar-refractivity contribution < 1.29 is 4.79 Å². The number of amides is 1. The van der Waals surface area contributed by atoms with E-state index in [2.05, 4.69) is 22.6 Å². The first-order valence-electron chi connectivity index (χ1n) is 3.94. The number of carbonyl (C=O) groups is 1. The molecular formula is C9H6INOS2. The zero-order valence-electron chi connectivity index (χ0n) is 7.07. The maximum absolute atomic E-state index is 11.5. The number of nitrogens with zero attached hydrogens (tertiary/aromatic N) is 1. The van der Waals surface area contributed by atoms with Crippen LogP contribution in [0.3, 0.4) is 0 Å². The zero-order valence-corrected chi connectivity index (χ0v) is 10.9. The van der Waals surface area contributed by atoms with Gasteiger partial charge >= 0.3 is 0 Å². The molecule has 1 aliphatic heterocycles. The van der Waals surface area contributed by atoms with Gasteiger partial charge in [0.05, 0.1) is 11.4 Å². The van der Waals surface area contributed by atoms with Crippen LogP contribution in [0.1, 0.15) is 0 Å². The number of benzene rings is 1. The van der Waals surface area contributed by atoms with Crippen LogP contribution in [0.4, 0.5) is 5.69 Å². The predicted octanol–water partition coefficient (Wildman–Crippen LogP) is 2.66. The number of thiocarbonyl (C=S) groups is 1. The van der Waals surface area contributed by atoms with Gasteiger partial charge in [-0.15, -0.1) is 0 Å². The minimum absolute atomic E-state index is 0.0713. The molecule has 1 aliphatic rings. The first-order chi connectivity index (χ1) is 6.68. The van der Waals surface area contributed by atoms with Crippen LogP contribution < -0.4 is 4.90 Å². The van der Waals surface area contributed by atoms with E-state index in [1.54, 1.807) is 4.90 Å². The molecule has 0 bridgehead atoms. The Hall–Kier alpha value is -0.140. The van der Waals surface area contributed by atoms with Gasteiger partial charge in [-0.2, -0.15) is 0 Å². The third-order valence-corrected chi connectivity index (χ3v) is 3.85. The fourth-order valence-electron chi connectivity index (χ4n) is 1.22. The third kappa shape index (κ3) is 1.94. The van der Waals surface area contributed by atoms with Crippen molar-refractivity contribution in [3.63, 3.8) is 0 Å². The topological polar surface area (TPSA) is 20.3 Å². The fourth-order valence-corrected chi connectivity index (χ4v) is 2.84. The number of rotatable bonds is 1. The molecule has 2 nitrogen and oxygen atoms in total. The molecule has 0 saturated carbocycles. The molecule has 1 amide bonds. The van der Waals surface area contributed by atoms with E-state index in [1.165, 1.54) is 11.8 Å². The summed E-state index contributed by atoms with van der Waals surface area (Å²) < 4.78 is 1.75. The molecule has 2 rings (SSSR count). The SMILES string of the molecule is O=C1CSC(=S)N1c1cccc(I)c1. The molecule has 0 radical (unpaired) electrons. The second-order valence-corrected chi connectivity index (χ2v) is 5.62. The first-order valence-corrected chi connectivity index (χ1v) is 6.41. The molecule has 0 aliphatic carbocycles. The Morgan fingerprint density at radius 1 is 1.50 bits per heavy atom. The van der Waals surface area contributed by atoms with Crippen molar-refractivity contribution in [2.75, 3.05) is 10.7 Å². The van der Waals surface area contributed by atoms with E-state index < -0.39 is 0 Å². The van der Waals surface area contributed by atoms with Gasteiger partial charge in [-0.05, 0) is 40.8 Å². The summed E-state index contributed by atoms with van der Waals surface area (Å²) in [5.41, 5.74) is 0.872. The Morgan fingerprint density at radius 2 is 2.29 bits per heavy atom. The summed E-state index contributed by atoms with van der Waals surface area (Å²) in [6.45, 7) is 0. The number of carbonyl (C=O) groups excluding carboxylic acids is 1. The van der Waals surface area contributed by atoms with Crippen LogP contribution >= 0.6 is 46.6 Å². The average Bonchev–Trinajstić information content (AvgIpc) is 2.46. The lowest BCUT2D eigenvalue weighted by molar-refractivity contribution is -0.115. The molecule has 72 valence electrons. The number of thioether (sulfide) groups is 1. The van der Waals surface area contributed by atoms with Crippen molar-refractivity contribution in [1.29, 1.82) is 0 Å². The molecule has 0 aromatic heterocycles. The highest BCUT2D eigenvalue weighted by atomic mass is 127. The van der Waals surface area contributed by atoms with Crippen LogP contribution in [0.15, 0.2) is 24.3 Å². The Morgan fingerprint density at radius 3 is 2.86 bits per heavy atom. The van der Waals surface area contributed by atoms with Crippen LogP contribution in [0.5, 0.6) is 0 Å². The first kappa shape index (κ1) is 10.4. The molecule has 1 saturated heterocycles. The van der Waals surface area contributed by atoms with Gasteiger partial charge in [0, 0.05) is 3.57 Å². The van der Waals surface area contributed by atoms with Crippen LogP contribution in [-0.2, 0) is 4.79 Å². The van der Waals surface area contributed by atoms with E-state index in [-0.39, 0.29) is 5.91 Å². The van der Waals surface area contributed by atoms with Crippen molar-refractivity contribution in [2.24, 2.45) is 0 Å². The van der Waals surface area contributed by atoms with Gasteiger partial charge in [0.2, 0.25) is 5.91 Å². The Kier molecular flexibility index (Phi) is 3.08. The summed E-state index contributed by atoms with van der Waals surface area (Å²) in [6, 6.07) is 7.77. The Labute approximate surface area is 105 Å². The quantitative estimate of drug-likeness (QED) is 0.581. The summed E-state index contributed by atoms with van der Waals surface area (Å²) in [4.78, 5) is 13.1. The lowest BCUT2D eigenvalue weighted by Gasteiger charge is -2.14. The molecule has 0 unspecified atom stereocenters. The predicted molar refractivity (Wildman–Crippen MR) is 71.7 cm³/mol. The highest BCUT2D eigenvalue weighted by molar-refractivity contribution is 14.1. The average molecular weight is 335 g/mol. The Bertz CT molecular complexity index is 392. The van der Waals surface area contributed by atoms with Gasteiger partial charge in [-0.3, -0.25) is 9.69 Å². The van der Waals surface area contributed by atoms with E-state index in [0.29, 0.717) is 10.1 Å². The lowest BCUT2D eigenvalue weighted by Crippen LogP contribution is -2.27. The normalized spacial score (nSPS) is 16.5. The number of hydrogen-bond donors (Lipinski definition) is 0. The molecule has 1 aromatic rings. The molecule has 0 spiro atoms. The standard InChI is InChI=1S/C9H6INOS2/c10-6-2-1-3-7(4-6)11-8(12)5-14-9(11)13/h1-4H,5H2. The summed E-state index contributed by atoms with van der Waals surface area (Å²) in [7, 11) is 0. The molecule has 14 heavy (non-hydrogen) atoms. The maximum Gasteiger partial charge on any atom is 0.243 e. The highest BCUT2D eigenvalue weighted by Crippen LogP contribution is 2.27. The molecular weight excluding hydrogens is 329 g/mol. The zero-order chi connectivity index (χ0) is 10.1. The van der Waals surface area contributed by atoms with Crippen molar-refractivity contribution in [3.8, 4) is 0 Å². The van der Waals surface area contributed by atoms with Gasteiger partial charge < -0.3 is 0 Å². The molecule has 0 N–H and O–H groups in total. The lowest BCUT2D eigenvalue weighted by atomic mass is 10.3. The van der Waals surface area contributed by atoms with E-state index in [9.17, 15) is 4.79 Å². The van der Waals surface area contributed by atoms with Gasteiger partial charge in [-0.1, -0.05) is 30.0 Å². The minimum atomic E-state index is 0.0713. The Balaban J connectivity index is 2.39. The minimum Gasteiger partial charge on any atom is -0.273 e. The van der Waals surface area contributed by atoms with E-state index in [0.717, 1.165) is 9.26 Å². The summed E-state index contributed by atoms with van der Waals surface area (Å²) in [5, 5.41) is 0. The second-order valence-electron chi connectivity index (χ2n) is 2.76. The van der Waals surface area contributed by atoms with Crippen molar-refractivity contribution in [1.82, 2.24) is 0 Å². The maximum atomic E-state index is 11.5. The van der Waals surface area contributed by atoms with Crippen molar-refractivity contribution in [2.45, 2.75) is 0 Å². The van der Waals surface area contributed by atoms with Crippen LogP contribution in [-0.4, -0.2) is 16.0 Å². The molecule has 0 atom stereocenters. The van der Waals surface area contributed by atoms with Gasteiger partial charge in [-0.25, -0.2) is 0 Å². The van der Waals surface area contributed by atoms with E-state index in [1.807, 2.05) is 24.3 Å². The summed E-state index contributed by atoms with van der Waals surface area (Å²) in [6.07, 6.45) is 0. The van der Waals surface area contributed by atoms with Crippen molar-refractivity contribution >= 4 is 62.5 Å².